The highest BCUT2D eigenvalue weighted by molar-refractivity contribution is 5.56. The molecule has 0 bridgehead atoms. The first-order chi connectivity index (χ1) is 12.7. The second kappa shape index (κ2) is 9.16. The number of benzene rings is 2. The second-order valence-electron chi connectivity index (χ2n) is 7.49. The van der Waals surface area contributed by atoms with Gasteiger partial charge in [0.2, 0.25) is 0 Å². The van der Waals surface area contributed by atoms with Gasteiger partial charge in [0.05, 0.1) is 12.7 Å². The highest BCUT2D eigenvalue weighted by atomic mass is 19.1. The highest BCUT2D eigenvalue weighted by Crippen LogP contribution is 2.32. The molecular formula is C23H30FNO2. The summed E-state index contributed by atoms with van der Waals surface area (Å²) in [5.74, 6) is 0.522. The number of rotatable bonds is 8. The fourth-order valence-electron chi connectivity index (χ4n) is 3.39. The molecule has 2 rings (SSSR count). The molecule has 0 spiro atoms. The molecule has 0 aliphatic heterocycles. The quantitative estimate of drug-likeness (QED) is 0.746. The molecule has 0 saturated heterocycles. The van der Waals surface area contributed by atoms with Crippen molar-refractivity contribution in [3.8, 4) is 5.75 Å². The van der Waals surface area contributed by atoms with Crippen LogP contribution in [0.3, 0.4) is 0 Å². The largest absolute Gasteiger partial charge is 0.497 e. The number of nitrogens with zero attached hydrogens (tertiary/aromatic N) is 1. The molecule has 0 heterocycles. The summed E-state index contributed by atoms with van der Waals surface area (Å²) in [6.45, 7) is 4.75. The van der Waals surface area contributed by atoms with E-state index in [2.05, 4.69) is 11.8 Å². The van der Waals surface area contributed by atoms with Gasteiger partial charge in [-0.15, -0.1) is 0 Å². The Bertz CT molecular complexity index is 753. The summed E-state index contributed by atoms with van der Waals surface area (Å²) in [6, 6.07) is 14.1. The maximum atomic E-state index is 13.3. The molecule has 3 nitrogen and oxygen atoms in total. The van der Waals surface area contributed by atoms with Crippen molar-refractivity contribution >= 4 is 6.08 Å². The van der Waals surface area contributed by atoms with Gasteiger partial charge in [0.15, 0.2) is 0 Å². The van der Waals surface area contributed by atoms with Gasteiger partial charge < -0.3 is 14.7 Å². The second-order valence-corrected chi connectivity index (χ2v) is 7.49. The minimum atomic E-state index is -1.04. The molecule has 0 radical (unpaired) electrons. The van der Waals surface area contributed by atoms with Crippen LogP contribution in [0.1, 0.15) is 25.0 Å². The third-order valence-corrected chi connectivity index (χ3v) is 5.02. The van der Waals surface area contributed by atoms with E-state index < -0.39 is 5.60 Å². The molecular weight excluding hydrogens is 341 g/mol. The van der Waals surface area contributed by atoms with E-state index >= 15 is 0 Å². The molecule has 27 heavy (non-hydrogen) atoms. The van der Waals surface area contributed by atoms with Gasteiger partial charge in [0, 0.05) is 18.9 Å². The zero-order valence-corrected chi connectivity index (χ0v) is 16.9. The molecule has 0 aliphatic carbocycles. The highest BCUT2D eigenvalue weighted by Gasteiger charge is 2.36. The molecule has 2 atom stereocenters. The topological polar surface area (TPSA) is 32.7 Å². The van der Waals surface area contributed by atoms with E-state index in [9.17, 15) is 9.50 Å². The lowest BCUT2D eigenvalue weighted by molar-refractivity contribution is 0.0149. The number of hydrogen-bond donors (Lipinski definition) is 1. The summed E-state index contributed by atoms with van der Waals surface area (Å²) in [4.78, 5) is 2.07. The fraction of sp³-hybridized carbons (Fsp3) is 0.391. The molecule has 4 heteroatoms. The van der Waals surface area contributed by atoms with E-state index in [1.165, 1.54) is 12.1 Å². The summed E-state index contributed by atoms with van der Waals surface area (Å²) in [7, 11) is 5.63. The van der Waals surface area contributed by atoms with Crippen LogP contribution in [0, 0.1) is 11.7 Å². The van der Waals surface area contributed by atoms with E-state index in [4.69, 9.17) is 4.74 Å². The normalized spacial score (nSPS) is 15.5. The summed E-state index contributed by atoms with van der Waals surface area (Å²) >= 11 is 0. The van der Waals surface area contributed by atoms with Crippen LogP contribution in [0.4, 0.5) is 4.39 Å². The minimum Gasteiger partial charge on any atom is -0.497 e. The van der Waals surface area contributed by atoms with E-state index in [0.29, 0.717) is 6.42 Å². The molecule has 2 unspecified atom stereocenters. The predicted molar refractivity (Wildman–Crippen MR) is 109 cm³/mol. The van der Waals surface area contributed by atoms with Crippen LogP contribution in [-0.4, -0.2) is 43.4 Å². The van der Waals surface area contributed by atoms with Crippen molar-refractivity contribution in [3.63, 3.8) is 0 Å². The van der Waals surface area contributed by atoms with E-state index in [1.54, 1.807) is 19.2 Å². The van der Waals surface area contributed by atoms with Crippen molar-refractivity contribution in [1.82, 2.24) is 4.90 Å². The van der Waals surface area contributed by atoms with Gasteiger partial charge in [-0.25, -0.2) is 4.39 Å². The molecule has 0 aromatic heterocycles. The summed E-state index contributed by atoms with van der Waals surface area (Å²) < 4.78 is 18.5. The molecule has 1 N–H and O–H groups in total. The maximum absolute atomic E-state index is 13.3. The first kappa shape index (κ1) is 21.1. The molecule has 2 aromatic carbocycles. The van der Waals surface area contributed by atoms with Crippen molar-refractivity contribution in [2.75, 3.05) is 27.7 Å². The Balaban J connectivity index is 2.36. The minimum absolute atomic E-state index is 0.00736. The maximum Gasteiger partial charge on any atom is 0.123 e. The van der Waals surface area contributed by atoms with Crippen LogP contribution in [-0.2, 0) is 6.42 Å². The number of hydrogen-bond acceptors (Lipinski definition) is 3. The van der Waals surface area contributed by atoms with Gasteiger partial charge in [0.1, 0.15) is 11.6 Å². The van der Waals surface area contributed by atoms with Gasteiger partial charge >= 0.3 is 0 Å². The van der Waals surface area contributed by atoms with E-state index in [-0.39, 0.29) is 11.7 Å². The third-order valence-electron chi connectivity index (χ3n) is 5.02. The molecule has 0 fully saturated rings. The Morgan fingerprint density at radius 3 is 2.26 bits per heavy atom. The van der Waals surface area contributed by atoms with Crippen molar-refractivity contribution < 1.29 is 14.2 Å². The van der Waals surface area contributed by atoms with Crippen LogP contribution in [0.5, 0.6) is 5.75 Å². The van der Waals surface area contributed by atoms with Crippen LogP contribution < -0.4 is 4.74 Å². The first-order valence-corrected chi connectivity index (χ1v) is 9.19. The number of halogens is 1. The zero-order chi connectivity index (χ0) is 20.0. The molecule has 0 aliphatic rings. The Morgan fingerprint density at radius 1 is 1.15 bits per heavy atom. The molecule has 0 saturated carbocycles. The lowest BCUT2D eigenvalue weighted by Crippen LogP contribution is -2.44. The third kappa shape index (κ3) is 5.65. The Labute approximate surface area is 162 Å². The summed E-state index contributed by atoms with van der Waals surface area (Å²) in [5.41, 5.74) is 1.75. The van der Waals surface area contributed by atoms with Crippen molar-refractivity contribution in [1.29, 1.82) is 0 Å². The Morgan fingerprint density at radius 2 is 1.74 bits per heavy atom. The van der Waals surface area contributed by atoms with Crippen molar-refractivity contribution in [2.45, 2.75) is 25.9 Å². The standard InChI is InChI=1S/C23H30FNO2/c1-17(14-19-8-12-22(27-5)13-9-19)23(26,18(2)16-25(3)4)15-20-6-10-21(24)11-7-20/h6-14,18,26H,15-16H2,1-5H3/b17-14-. The van der Waals surface area contributed by atoms with Gasteiger partial charge in [-0.1, -0.05) is 37.3 Å². The number of ether oxygens (including phenoxy) is 1. The average Bonchev–Trinajstić information content (AvgIpc) is 2.63. The van der Waals surface area contributed by atoms with Crippen LogP contribution in [0.25, 0.3) is 6.08 Å². The lowest BCUT2D eigenvalue weighted by atomic mass is 9.77. The van der Waals surface area contributed by atoms with Crippen LogP contribution in [0.15, 0.2) is 54.1 Å². The molecule has 2 aromatic rings. The Hall–Kier alpha value is -2.17. The van der Waals surface area contributed by atoms with Gasteiger partial charge in [-0.05, 0) is 62.0 Å². The smallest absolute Gasteiger partial charge is 0.123 e. The fourth-order valence-corrected chi connectivity index (χ4v) is 3.39. The lowest BCUT2D eigenvalue weighted by Gasteiger charge is -2.37. The average molecular weight is 371 g/mol. The first-order valence-electron chi connectivity index (χ1n) is 9.19. The summed E-state index contributed by atoms with van der Waals surface area (Å²) in [6.07, 6.45) is 2.44. The SMILES string of the molecule is COc1ccc(/C=C(/C)C(O)(Cc2ccc(F)cc2)C(C)CN(C)C)cc1. The number of methoxy groups -OCH3 is 1. The summed E-state index contributed by atoms with van der Waals surface area (Å²) in [5, 5.41) is 11.7. The van der Waals surface area contributed by atoms with E-state index in [1.807, 2.05) is 51.4 Å². The predicted octanol–water partition coefficient (Wildman–Crippen LogP) is 4.41. The Kier molecular flexibility index (Phi) is 7.17. The molecule has 146 valence electrons. The van der Waals surface area contributed by atoms with Crippen LogP contribution in [0.2, 0.25) is 0 Å². The monoisotopic (exact) mass is 371 g/mol. The zero-order valence-electron chi connectivity index (χ0n) is 16.9. The number of aliphatic hydroxyl groups is 1. The molecule has 0 amide bonds. The van der Waals surface area contributed by atoms with Gasteiger partial charge in [-0.2, -0.15) is 0 Å². The van der Waals surface area contributed by atoms with E-state index in [0.717, 1.165) is 29.0 Å². The van der Waals surface area contributed by atoms with Crippen molar-refractivity contribution in [2.24, 2.45) is 5.92 Å². The van der Waals surface area contributed by atoms with Crippen LogP contribution >= 0.6 is 0 Å². The van der Waals surface area contributed by atoms with Crippen molar-refractivity contribution in [3.05, 3.63) is 71.0 Å². The van der Waals surface area contributed by atoms with Gasteiger partial charge in [0.25, 0.3) is 0 Å². The van der Waals surface area contributed by atoms with Gasteiger partial charge in [-0.3, -0.25) is 0 Å².